The summed E-state index contributed by atoms with van der Waals surface area (Å²) >= 11 is 2.96. The predicted molar refractivity (Wildman–Crippen MR) is 71.3 cm³/mol. The summed E-state index contributed by atoms with van der Waals surface area (Å²) in [6, 6.07) is 4.07. The topological polar surface area (TPSA) is 12.0 Å². The molecule has 0 fully saturated rings. The first-order valence-corrected chi connectivity index (χ1v) is 6.50. The van der Waals surface area contributed by atoms with Crippen LogP contribution in [-0.4, -0.2) is 7.05 Å². The highest BCUT2D eigenvalue weighted by molar-refractivity contribution is 9.10. The van der Waals surface area contributed by atoms with Crippen molar-refractivity contribution in [1.29, 1.82) is 0 Å². The van der Waals surface area contributed by atoms with E-state index in [0.717, 1.165) is 18.2 Å². The summed E-state index contributed by atoms with van der Waals surface area (Å²) in [4.78, 5) is 0. The van der Waals surface area contributed by atoms with Crippen molar-refractivity contribution in [2.24, 2.45) is 0 Å². The second-order valence-corrected chi connectivity index (χ2v) is 5.04. The quantitative estimate of drug-likeness (QED) is 0.644. The lowest BCUT2D eigenvalue weighted by Gasteiger charge is -2.19. The summed E-state index contributed by atoms with van der Waals surface area (Å²) in [5.41, 5.74) is -0.201. The van der Waals surface area contributed by atoms with E-state index in [-0.39, 0.29) is 15.6 Å². The molecule has 0 bridgehead atoms. The van der Waals surface area contributed by atoms with Crippen LogP contribution in [0.2, 0.25) is 0 Å². The average Bonchev–Trinajstić information content (AvgIpc) is 2.38. The molecule has 0 radical (unpaired) electrons. The maximum atomic E-state index is 14.1. The summed E-state index contributed by atoms with van der Waals surface area (Å²) in [7, 11) is 1.45. The van der Waals surface area contributed by atoms with Gasteiger partial charge in [-0.15, -0.1) is 0 Å². The predicted octanol–water partition coefficient (Wildman–Crippen LogP) is 4.31. The summed E-state index contributed by atoms with van der Waals surface area (Å²) in [5.74, 6) is -3.23. The van der Waals surface area contributed by atoms with E-state index in [4.69, 9.17) is 0 Å². The number of halogens is 5. The van der Waals surface area contributed by atoms with E-state index in [0.29, 0.717) is 6.07 Å². The zero-order valence-corrected chi connectivity index (χ0v) is 11.9. The van der Waals surface area contributed by atoms with Crippen molar-refractivity contribution >= 4 is 15.9 Å². The van der Waals surface area contributed by atoms with Crippen LogP contribution < -0.4 is 5.32 Å². The standard InChI is InChI=1S/C14H10BrF4N/c1-20-14(7-4-8(16)6-9(17)5-7)12-11(18)3-2-10(15)13(12)19/h2-6,14,20H,1H3. The lowest BCUT2D eigenvalue weighted by atomic mass is 9.97. The molecule has 0 amide bonds. The van der Waals surface area contributed by atoms with Gasteiger partial charge < -0.3 is 5.32 Å². The van der Waals surface area contributed by atoms with Crippen LogP contribution in [0.25, 0.3) is 0 Å². The van der Waals surface area contributed by atoms with E-state index in [2.05, 4.69) is 21.2 Å². The van der Waals surface area contributed by atoms with Crippen LogP contribution in [0.5, 0.6) is 0 Å². The Kier molecular flexibility index (Phi) is 4.45. The highest BCUT2D eigenvalue weighted by Crippen LogP contribution is 2.31. The number of hydrogen-bond donors (Lipinski definition) is 1. The zero-order chi connectivity index (χ0) is 14.9. The number of nitrogens with one attached hydrogen (secondary N) is 1. The fraction of sp³-hybridized carbons (Fsp3) is 0.143. The number of benzene rings is 2. The van der Waals surface area contributed by atoms with Gasteiger partial charge in [-0.05, 0) is 52.8 Å². The van der Waals surface area contributed by atoms with E-state index in [9.17, 15) is 17.6 Å². The van der Waals surface area contributed by atoms with E-state index in [1.807, 2.05) is 0 Å². The molecule has 0 heterocycles. The molecule has 0 aromatic heterocycles. The molecule has 2 rings (SSSR count). The molecule has 0 saturated carbocycles. The van der Waals surface area contributed by atoms with Crippen molar-refractivity contribution in [3.05, 3.63) is 69.2 Å². The molecule has 1 N–H and O–H groups in total. The van der Waals surface area contributed by atoms with Gasteiger partial charge in [0.05, 0.1) is 10.5 Å². The zero-order valence-electron chi connectivity index (χ0n) is 10.4. The molecule has 106 valence electrons. The molecule has 0 aliphatic carbocycles. The summed E-state index contributed by atoms with van der Waals surface area (Å²) < 4.78 is 54.5. The molecular weight excluding hydrogens is 338 g/mol. The first-order valence-electron chi connectivity index (χ1n) is 5.70. The molecule has 0 aliphatic heterocycles. The minimum absolute atomic E-state index is 0.0750. The van der Waals surface area contributed by atoms with Gasteiger partial charge in [-0.25, -0.2) is 17.6 Å². The lowest BCUT2D eigenvalue weighted by Crippen LogP contribution is -2.21. The van der Waals surface area contributed by atoms with Crippen molar-refractivity contribution < 1.29 is 17.6 Å². The van der Waals surface area contributed by atoms with Crippen molar-refractivity contribution in [3.63, 3.8) is 0 Å². The number of rotatable bonds is 3. The van der Waals surface area contributed by atoms with Crippen LogP contribution in [0.1, 0.15) is 17.2 Å². The van der Waals surface area contributed by atoms with Gasteiger partial charge in [-0.1, -0.05) is 0 Å². The normalized spacial score (nSPS) is 12.5. The third kappa shape index (κ3) is 2.86. The summed E-state index contributed by atoms with van der Waals surface area (Å²) in [6.07, 6.45) is 0. The highest BCUT2D eigenvalue weighted by Gasteiger charge is 2.23. The van der Waals surface area contributed by atoms with Crippen LogP contribution in [0.4, 0.5) is 17.6 Å². The van der Waals surface area contributed by atoms with Gasteiger partial charge in [0.1, 0.15) is 23.3 Å². The van der Waals surface area contributed by atoms with Gasteiger partial charge in [0.2, 0.25) is 0 Å². The first kappa shape index (κ1) is 15.0. The van der Waals surface area contributed by atoms with Crippen LogP contribution >= 0.6 is 15.9 Å². The Bertz CT molecular complexity index is 625. The summed E-state index contributed by atoms with van der Waals surface area (Å²) in [6.45, 7) is 0. The fourth-order valence-electron chi connectivity index (χ4n) is 2.03. The second-order valence-electron chi connectivity index (χ2n) is 4.18. The second kappa shape index (κ2) is 5.93. The monoisotopic (exact) mass is 347 g/mol. The minimum Gasteiger partial charge on any atom is -0.309 e. The minimum atomic E-state index is -1.00. The van der Waals surface area contributed by atoms with E-state index < -0.39 is 29.3 Å². The Morgan fingerprint density at radius 2 is 1.60 bits per heavy atom. The Balaban J connectivity index is 2.61. The maximum absolute atomic E-state index is 14.1. The van der Waals surface area contributed by atoms with E-state index in [1.54, 1.807) is 0 Å². The van der Waals surface area contributed by atoms with Gasteiger partial charge in [-0.2, -0.15) is 0 Å². The van der Waals surface area contributed by atoms with Gasteiger partial charge in [0.25, 0.3) is 0 Å². The Morgan fingerprint density at radius 1 is 1.00 bits per heavy atom. The SMILES string of the molecule is CNC(c1cc(F)cc(F)c1)c1c(F)ccc(Br)c1F. The lowest BCUT2D eigenvalue weighted by molar-refractivity contribution is 0.513. The van der Waals surface area contributed by atoms with Crippen LogP contribution in [0.3, 0.4) is 0 Å². The maximum Gasteiger partial charge on any atom is 0.145 e. The van der Waals surface area contributed by atoms with Crippen LogP contribution in [0, 0.1) is 23.3 Å². The van der Waals surface area contributed by atoms with Crippen molar-refractivity contribution in [2.45, 2.75) is 6.04 Å². The van der Waals surface area contributed by atoms with E-state index in [1.165, 1.54) is 13.1 Å². The van der Waals surface area contributed by atoms with Crippen molar-refractivity contribution in [1.82, 2.24) is 5.32 Å². The van der Waals surface area contributed by atoms with Gasteiger partial charge in [-0.3, -0.25) is 0 Å². The van der Waals surface area contributed by atoms with Gasteiger partial charge >= 0.3 is 0 Å². The molecular formula is C14H10BrF4N. The van der Waals surface area contributed by atoms with Gasteiger partial charge in [0.15, 0.2) is 0 Å². The Labute approximate surface area is 121 Å². The summed E-state index contributed by atoms with van der Waals surface area (Å²) in [5, 5.41) is 2.66. The molecule has 0 saturated heterocycles. The molecule has 1 nitrogen and oxygen atoms in total. The van der Waals surface area contributed by atoms with Crippen molar-refractivity contribution in [2.75, 3.05) is 7.05 Å². The molecule has 2 aromatic rings. The molecule has 1 unspecified atom stereocenters. The van der Waals surface area contributed by atoms with Crippen LogP contribution in [0.15, 0.2) is 34.8 Å². The molecule has 0 aliphatic rings. The Hall–Kier alpha value is -1.40. The third-order valence-corrected chi connectivity index (χ3v) is 3.49. The molecule has 20 heavy (non-hydrogen) atoms. The average molecular weight is 348 g/mol. The van der Waals surface area contributed by atoms with Gasteiger partial charge in [0, 0.05) is 11.6 Å². The van der Waals surface area contributed by atoms with E-state index >= 15 is 0 Å². The Morgan fingerprint density at radius 3 is 2.15 bits per heavy atom. The largest absolute Gasteiger partial charge is 0.309 e. The smallest absolute Gasteiger partial charge is 0.145 e. The molecule has 2 aromatic carbocycles. The number of hydrogen-bond acceptors (Lipinski definition) is 1. The molecule has 6 heteroatoms. The highest BCUT2D eigenvalue weighted by atomic mass is 79.9. The third-order valence-electron chi connectivity index (χ3n) is 2.88. The molecule has 1 atom stereocenters. The molecule has 0 spiro atoms. The van der Waals surface area contributed by atoms with Crippen LogP contribution in [-0.2, 0) is 0 Å². The first-order chi connectivity index (χ1) is 9.43. The van der Waals surface area contributed by atoms with Crippen molar-refractivity contribution in [3.8, 4) is 0 Å². The fourth-order valence-corrected chi connectivity index (χ4v) is 2.37.